The summed E-state index contributed by atoms with van der Waals surface area (Å²) in [4.78, 5) is 16.0. The Morgan fingerprint density at radius 2 is 1.44 bits per heavy atom. The second-order valence-electron chi connectivity index (χ2n) is 10.8. The van der Waals surface area contributed by atoms with Crippen LogP contribution in [-0.2, 0) is 43.2 Å². The van der Waals surface area contributed by atoms with Gasteiger partial charge in [0.2, 0.25) is 0 Å². The molecule has 0 aromatic heterocycles. The van der Waals surface area contributed by atoms with Gasteiger partial charge >= 0.3 is 11.8 Å². The average Bonchev–Trinajstić information content (AvgIpc) is 3.01. The predicted molar refractivity (Wildman–Crippen MR) is 132 cm³/mol. The largest absolute Gasteiger partial charge is 0.394 e. The summed E-state index contributed by atoms with van der Waals surface area (Å²) in [5.74, 6) is -12.1. The van der Waals surface area contributed by atoms with Gasteiger partial charge in [0.15, 0.2) is 18.2 Å². The van der Waals surface area contributed by atoms with E-state index in [9.17, 15) is 61.9 Å². The minimum absolute atomic E-state index is 0.0915. The third kappa shape index (κ3) is 5.99. The van der Waals surface area contributed by atoms with Crippen LogP contribution in [0.5, 0.6) is 0 Å². The van der Waals surface area contributed by atoms with Crippen LogP contribution >= 0.6 is 0 Å². The van der Waals surface area contributed by atoms with E-state index in [0.29, 0.717) is 0 Å². The Morgan fingerprint density at radius 1 is 0.822 bits per heavy atom. The van der Waals surface area contributed by atoms with E-state index >= 15 is 0 Å². The maximum absolute atomic E-state index is 11.4. The number of aliphatic hydroxyl groups is 8. The number of hydrogen-bond donors (Lipinski definition) is 15. The number of ether oxygens (including phenoxy) is 5. The lowest BCUT2D eigenvalue weighted by atomic mass is 9.74. The summed E-state index contributed by atoms with van der Waals surface area (Å²) < 4.78 is 27.0. The first-order valence-electron chi connectivity index (χ1n) is 13.3. The summed E-state index contributed by atoms with van der Waals surface area (Å²) in [6, 6.07) is -3.21. The van der Waals surface area contributed by atoms with Crippen LogP contribution in [0.15, 0.2) is 0 Å². The molecule has 0 aliphatic carbocycles. The standard InChI is InChI=1S/C21H41N3O21/c1-2-3-17(6-26)19(30,44-35)20(31,45-36)18(24,29)21(32,43-17)41-12-8(5-37-33)39-16(9(22)11(12)27)40-13-7(4-25)38-15(28)10(23)14(13)42-34/h7-16,25-36H,2-6,22-24H2,1H3/t7-,8-,9-,10-,11-,12?,13?,14-,15-,16+,17-,18-,19+,20-,21+/m1/s1. The van der Waals surface area contributed by atoms with E-state index in [2.05, 4.69) is 19.6 Å². The molecular formula is C21H41N3O21. The lowest BCUT2D eigenvalue weighted by Gasteiger charge is -2.62. The van der Waals surface area contributed by atoms with E-state index in [4.69, 9.17) is 40.9 Å². The Kier molecular flexibility index (Phi) is 12.2. The zero-order valence-electron chi connectivity index (χ0n) is 23.6. The molecule has 0 radical (unpaired) electrons. The highest BCUT2D eigenvalue weighted by Crippen LogP contribution is 2.54. The minimum atomic E-state index is -4.22. The lowest BCUT2D eigenvalue weighted by molar-refractivity contribution is -0.650. The zero-order chi connectivity index (χ0) is 34.2. The Hall–Kier alpha value is -0.960. The van der Waals surface area contributed by atoms with E-state index in [1.807, 2.05) is 0 Å². The van der Waals surface area contributed by atoms with Gasteiger partial charge in [0, 0.05) is 0 Å². The molecule has 266 valence electrons. The number of hydrogen-bond acceptors (Lipinski definition) is 24. The molecule has 24 heteroatoms. The van der Waals surface area contributed by atoms with E-state index in [0.717, 1.165) is 0 Å². The summed E-state index contributed by atoms with van der Waals surface area (Å²) in [5, 5.41) is 123. The van der Waals surface area contributed by atoms with Crippen molar-refractivity contribution in [1.82, 2.24) is 0 Å². The number of rotatable bonds is 13. The van der Waals surface area contributed by atoms with Gasteiger partial charge in [-0.05, 0) is 6.42 Å². The topological polar surface area (TPSA) is 404 Å². The first-order chi connectivity index (χ1) is 21.0. The minimum Gasteiger partial charge on any atom is -0.394 e. The highest BCUT2D eigenvalue weighted by molar-refractivity contribution is 5.17. The van der Waals surface area contributed by atoms with Gasteiger partial charge in [-0.1, -0.05) is 13.3 Å². The van der Waals surface area contributed by atoms with E-state index < -0.39 is 116 Å². The summed E-state index contributed by atoms with van der Waals surface area (Å²) in [6.45, 7) is -1.82. The van der Waals surface area contributed by atoms with Crippen LogP contribution in [0.1, 0.15) is 19.8 Å². The molecular weight excluding hydrogens is 630 g/mol. The number of aliphatic hydroxyl groups excluding tert-OH is 4. The Bertz CT molecular complexity index is 973. The molecule has 0 aromatic carbocycles. The fraction of sp³-hybridized carbons (Fsp3) is 1.00. The van der Waals surface area contributed by atoms with Crippen molar-refractivity contribution >= 4 is 0 Å². The van der Waals surface area contributed by atoms with Gasteiger partial charge < -0.3 is 76.0 Å². The molecule has 3 rings (SSSR count). The summed E-state index contributed by atoms with van der Waals surface area (Å²) in [6.07, 6.45) is -14.9. The van der Waals surface area contributed by atoms with Gasteiger partial charge in [0.05, 0.1) is 25.3 Å². The van der Waals surface area contributed by atoms with Crippen molar-refractivity contribution in [3.05, 3.63) is 0 Å². The van der Waals surface area contributed by atoms with Gasteiger partial charge in [-0.25, -0.2) is 20.3 Å². The van der Waals surface area contributed by atoms with Crippen LogP contribution in [-0.4, -0.2) is 172 Å². The molecule has 15 atom stereocenters. The van der Waals surface area contributed by atoms with Crippen molar-refractivity contribution in [2.24, 2.45) is 17.2 Å². The molecule has 0 bridgehead atoms. The molecule has 0 amide bonds. The van der Waals surface area contributed by atoms with Gasteiger partial charge in [-0.2, -0.15) is 9.78 Å². The Balaban J connectivity index is 2.01. The molecule has 2 unspecified atom stereocenters. The molecule has 3 fully saturated rings. The second kappa shape index (κ2) is 14.3. The maximum Gasteiger partial charge on any atom is 0.332 e. The van der Waals surface area contributed by atoms with Gasteiger partial charge in [-0.15, -0.1) is 0 Å². The van der Waals surface area contributed by atoms with Crippen molar-refractivity contribution in [1.29, 1.82) is 0 Å². The van der Waals surface area contributed by atoms with Gasteiger partial charge in [0.1, 0.15) is 43.2 Å². The molecule has 24 nitrogen and oxygen atoms in total. The van der Waals surface area contributed by atoms with Crippen molar-refractivity contribution < 1.29 is 105 Å². The number of nitrogens with two attached hydrogens (primary N) is 3. The fourth-order valence-corrected chi connectivity index (χ4v) is 5.56. The van der Waals surface area contributed by atoms with Crippen molar-refractivity contribution in [2.45, 2.75) is 110 Å². The summed E-state index contributed by atoms with van der Waals surface area (Å²) in [7, 11) is 0. The molecule has 3 saturated heterocycles. The highest BCUT2D eigenvalue weighted by Gasteiger charge is 2.86. The maximum atomic E-state index is 11.4. The van der Waals surface area contributed by atoms with Crippen LogP contribution < -0.4 is 17.2 Å². The fourth-order valence-electron chi connectivity index (χ4n) is 5.56. The molecule has 18 N–H and O–H groups in total. The molecule has 45 heavy (non-hydrogen) atoms. The molecule has 0 saturated carbocycles. The Labute approximate surface area is 252 Å². The first-order valence-corrected chi connectivity index (χ1v) is 13.3. The van der Waals surface area contributed by atoms with Crippen LogP contribution in [0.2, 0.25) is 0 Å². The second-order valence-corrected chi connectivity index (χ2v) is 10.8. The lowest BCUT2D eigenvalue weighted by Crippen LogP contribution is -2.92. The Morgan fingerprint density at radius 3 is 1.93 bits per heavy atom. The zero-order valence-corrected chi connectivity index (χ0v) is 23.6. The molecule has 0 spiro atoms. The molecule has 3 aliphatic heterocycles. The van der Waals surface area contributed by atoms with Gasteiger partial charge in [0.25, 0.3) is 11.5 Å². The summed E-state index contributed by atoms with van der Waals surface area (Å²) in [5.41, 5.74) is 10.4. The smallest absolute Gasteiger partial charge is 0.332 e. The third-order valence-electron chi connectivity index (χ3n) is 8.14. The quantitative estimate of drug-likeness (QED) is 0.0491. The average molecular weight is 672 g/mol. The normalized spacial score (nSPS) is 50.9. The molecule has 3 heterocycles. The summed E-state index contributed by atoms with van der Waals surface area (Å²) >= 11 is 0. The van der Waals surface area contributed by atoms with Crippen LogP contribution in [0.25, 0.3) is 0 Å². The van der Waals surface area contributed by atoms with Crippen molar-refractivity contribution in [3.63, 3.8) is 0 Å². The van der Waals surface area contributed by atoms with Crippen molar-refractivity contribution in [2.75, 3.05) is 19.8 Å². The molecule has 0 aromatic rings. The monoisotopic (exact) mass is 671 g/mol. The molecule has 3 aliphatic rings. The highest BCUT2D eigenvalue weighted by atomic mass is 17.2. The first kappa shape index (κ1) is 38.5. The van der Waals surface area contributed by atoms with E-state index in [1.165, 1.54) is 6.92 Å². The van der Waals surface area contributed by atoms with Crippen LogP contribution in [0, 0.1) is 0 Å². The SMILES string of the molecule is CCC[C@]1(CO)O[C@@](O)(OC2[C@@H](COO)O[C@@H](OC3[C@@H](CO)O[C@@H](O)[C@H](N)[C@H]3OO)[C@H](N)[C@H]2O)[C@](N)(O)[C@@](O)(OO)[C@@]1(O)OO. The van der Waals surface area contributed by atoms with E-state index in [-0.39, 0.29) is 6.42 Å². The van der Waals surface area contributed by atoms with Gasteiger partial charge in [-0.3, -0.25) is 16.2 Å². The van der Waals surface area contributed by atoms with Crippen molar-refractivity contribution in [3.8, 4) is 0 Å². The predicted octanol–water partition coefficient (Wildman–Crippen LogP) is -7.23. The third-order valence-corrected chi connectivity index (χ3v) is 8.14. The van der Waals surface area contributed by atoms with Crippen LogP contribution in [0.3, 0.4) is 0 Å². The van der Waals surface area contributed by atoms with Crippen LogP contribution in [0.4, 0.5) is 0 Å². The van der Waals surface area contributed by atoms with E-state index in [1.54, 1.807) is 0 Å².